The Morgan fingerprint density at radius 2 is 1.87 bits per heavy atom. The lowest BCUT2D eigenvalue weighted by atomic mass is 9.93. The van der Waals surface area contributed by atoms with Crippen molar-refractivity contribution in [3.05, 3.63) is 27.7 Å². The average Bonchev–Trinajstić information content (AvgIpc) is 2.47. The van der Waals surface area contributed by atoms with Crippen molar-refractivity contribution in [3.8, 4) is 0 Å². The zero-order chi connectivity index (χ0) is 16.3. The molecule has 132 valence electrons. The van der Waals surface area contributed by atoms with E-state index in [1.165, 1.54) is 6.42 Å². The molecule has 0 heterocycles. The van der Waals surface area contributed by atoms with Crippen LogP contribution in [0.25, 0.3) is 0 Å². The first-order chi connectivity index (χ1) is 10.3. The monoisotopic (exact) mass is 416 g/mol. The highest BCUT2D eigenvalue weighted by atomic mass is 79.9. The minimum absolute atomic E-state index is 0. The predicted octanol–water partition coefficient (Wildman–Crippen LogP) is 4.43. The molecule has 0 aromatic heterocycles. The Morgan fingerprint density at radius 1 is 1.26 bits per heavy atom. The molecule has 23 heavy (non-hydrogen) atoms. The Bertz CT molecular complexity index is 522. The Labute approximate surface area is 148 Å². The van der Waals surface area contributed by atoms with E-state index < -0.39 is 17.8 Å². The van der Waals surface area contributed by atoms with Crippen molar-refractivity contribution in [1.82, 2.24) is 5.32 Å². The first-order valence-electron chi connectivity index (χ1n) is 7.36. The normalized spacial score (nSPS) is 17.6. The van der Waals surface area contributed by atoms with Gasteiger partial charge in [-0.05, 0) is 46.5 Å². The molecule has 1 aromatic rings. The standard InChI is InChI=1S/C15H20BrF3N2O.ClH/c16-12-7-9(6-11(14(12)20)15(17,18)19)13(8-22)21-10-4-2-1-3-5-10;/h6-7,10,13,21-22H,1-5,8,20H2;1H. The van der Waals surface area contributed by atoms with Crippen LogP contribution in [-0.4, -0.2) is 17.8 Å². The highest BCUT2D eigenvalue weighted by molar-refractivity contribution is 9.10. The van der Waals surface area contributed by atoms with Gasteiger partial charge in [-0.1, -0.05) is 19.3 Å². The zero-order valence-electron chi connectivity index (χ0n) is 12.5. The SMILES string of the molecule is Cl.Nc1c(Br)cc(C(CO)NC2CCCCC2)cc1C(F)(F)F. The maximum Gasteiger partial charge on any atom is 0.418 e. The van der Waals surface area contributed by atoms with Gasteiger partial charge >= 0.3 is 6.18 Å². The highest BCUT2D eigenvalue weighted by Gasteiger charge is 2.35. The molecule has 0 bridgehead atoms. The summed E-state index contributed by atoms with van der Waals surface area (Å²) in [4.78, 5) is 0. The summed E-state index contributed by atoms with van der Waals surface area (Å²) in [6, 6.07) is 2.27. The van der Waals surface area contributed by atoms with Gasteiger partial charge in [-0.25, -0.2) is 0 Å². The third-order valence-corrected chi connectivity index (χ3v) is 4.74. The molecule has 2 rings (SSSR count). The number of aliphatic hydroxyl groups is 1. The van der Waals surface area contributed by atoms with Crippen molar-refractivity contribution in [2.75, 3.05) is 12.3 Å². The first-order valence-corrected chi connectivity index (χ1v) is 8.15. The number of nitrogen functional groups attached to an aromatic ring is 1. The molecule has 0 saturated heterocycles. The molecule has 1 aromatic carbocycles. The molecule has 1 fully saturated rings. The number of benzene rings is 1. The van der Waals surface area contributed by atoms with Gasteiger partial charge in [-0.15, -0.1) is 12.4 Å². The predicted molar refractivity (Wildman–Crippen MR) is 90.6 cm³/mol. The summed E-state index contributed by atoms with van der Waals surface area (Å²) >= 11 is 3.08. The summed E-state index contributed by atoms with van der Waals surface area (Å²) < 4.78 is 39.3. The van der Waals surface area contributed by atoms with Gasteiger partial charge in [-0.3, -0.25) is 0 Å². The van der Waals surface area contributed by atoms with Crippen molar-refractivity contribution in [2.24, 2.45) is 0 Å². The van der Waals surface area contributed by atoms with Gasteiger partial charge in [0.15, 0.2) is 0 Å². The van der Waals surface area contributed by atoms with Crippen LogP contribution in [0.5, 0.6) is 0 Å². The van der Waals surface area contributed by atoms with Crippen molar-refractivity contribution in [3.63, 3.8) is 0 Å². The molecule has 0 aliphatic heterocycles. The molecule has 0 radical (unpaired) electrons. The average molecular weight is 418 g/mol. The minimum atomic E-state index is -4.52. The second kappa shape index (κ2) is 8.55. The van der Waals surface area contributed by atoms with Crippen molar-refractivity contribution >= 4 is 34.0 Å². The maximum atomic E-state index is 13.1. The summed E-state index contributed by atoms with van der Waals surface area (Å²) in [5, 5.41) is 12.8. The Kier molecular flexibility index (Phi) is 7.64. The van der Waals surface area contributed by atoms with E-state index >= 15 is 0 Å². The minimum Gasteiger partial charge on any atom is -0.397 e. The second-order valence-electron chi connectivity index (χ2n) is 5.70. The van der Waals surface area contributed by atoms with E-state index in [1.54, 1.807) is 6.07 Å². The quantitative estimate of drug-likeness (QED) is 0.635. The van der Waals surface area contributed by atoms with Crippen LogP contribution < -0.4 is 11.1 Å². The Morgan fingerprint density at radius 3 is 2.39 bits per heavy atom. The van der Waals surface area contributed by atoms with Gasteiger partial charge < -0.3 is 16.2 Å². The van der Waals surface area contributed by atoms with E-state index in [1.807, 2.05) is 0 Å². The number of halogens is 5. The Balaban J connectivity index is 0.00000264. The fourth-order valence-corrected chi connectivity index (χ4v) is 3.36. The molecule has 1 atom stereocenters. The Hall–Kier alpha value is -0.500. The highest BCUT2D eigenvalue weighted by Crippen LogP contribution is 2.39. The molecule has 0 amide bonds. The van der Waals surface area contributed by atoms with Gasteiger partial charge in [0.2, 0.25) is 0 Å². The van der Waals surface area contributed by atoms with Crippen LogP contribution in [0, 0.1) is 0 Å². The van der Waals surface area contributed by atoms with E-state index in [9.17, 15) is 18.3 Å². The number of anilines is 1. The number of hydrogen-bond donors (Lipinski definition) is 3. The zero-order valence-corrected chi connectivity index (χ0v) is 14.9. The fraction of sp³-hybridized carbons (Fsp3) is 0.600. The first kappa shape index (κ1) is 20.5. The van der Waals surface area contributed by atoms with Gasteiger partial charge in [0, 0.05) is 10.5 Å². The molecule has 3 nitrogen and oxygen atoms in total. The van der Waals surface area contributed by atoms with Crippen LogP contribution in [0.4, 0.5) is 18.9 Å². The molecule has 8 heteroatoms. The topological polar surface area (TPSA) is 58.3 Å². The number of aliphatic hydroxyl groups excluding tert-OH is 1. The number of nitrogens with two attached hydrogens (primary N) is 1. The molecular formula is C15H21BrClF3N2O. The largest absolute Gasteiger partial charge is 0.418 e. The van der Waals surface area contributed by atoms with Crippen LogP contribution >= 0.6 is 28.3 Å². The molecular weight excluding hydrogens is 397 g/mol. The van der Waals surface area contributed by atoms with Crippen molar-refractivity contribution < 1.29 is 18.3 Å². The van der Waals surface area contributed by atoms with E-state index in [0.29, 0.717) is 5.56 Å². The smallest absolute Gasteiger partial charge is 0.397 e. The van der Waals surface area contributed by atoms with E-state index in [-0.39, 0.29) is 35.2 Å². The van der Waals surface area contributed by atoms with Gasteiger partial charge in [-0.2, -0.15) is 13.2 Å². The number of alkyl halides is 3. The third kappa shape index (κ3) is 5.24. The summed E-state index contributed by atoms with van der Waals surface area (Å²) in [7, 11) is 0. The molecule has 1 saturated carbocycles. The lowest BCUT2D eigenvalue weighted by Gasteiger charge is -2.28. The van der Waals surface area contributed by atoms with Crippen molar-refractivity contribution in [1.29, 1.82) is 0 Å². The van der Waals surface area contributed by atoms with E-state index in [2.05, 4.69) is 21.2 Å². The number of nitrogens with one attached hydrogen (secondary N) is 1. The van der Waals surface area contributed by atoms with Crippen LogP contribution in [0.15, 0.2) is 16.6 Å². The van der Waals surface area contributed by atoms with Gasteiger partial charge in [0.05, 0.1) is 23.9 Å². The van der Waals surface area contributed by atoms with Crippen LogP contribution in [0.2, 0.25) is 0 Å². The lowest BCUT2D eigenvalue weighted by molar-refractivity contribution is -0.137. The van der Waals surface area contributed by atoms with Crippen LogP contribution in [0.3, 0.4) is 0 Å². The molecule has 4 N–H and O–H groups in total. The molecule has 1 unspecified atom stereocenters. The summed E-state index contributed by atoms with van der Waals surface area (Å²) in [6.07, 6.45) is 0.850. The second-order valence-corrected chi connectivity index (χ2v) is 6.55. The number of hydrogen-bond acceptors (Lipinski definition) is 3. The third-order valence-electron chi connectivity index (χ3n) is 4.08. The molecule has 0 spiro atoms. The fourth-order valence-electron chi connectivity index (χ4n) is 2.88. The summed E-state index contributed by atoms with van der Waals surface area (Å²) in [5.41, 5.74) is 4.70. The van der Waals surface area contributed by atoms with Crippen molar-refractivity contribution in [2.45, 2.75) is 50.4 Å². The molecule has 1 aliphatic rings. The van der Waals surface area contributed by atoms with Gasteiger partial charge in [0.1, 0.15) is 0 Å². The van der Waals surface area contributed by atoms with E-state index in [4.69, 9.17) is 5.73 Å². The van der Waals surface area contributed by atoms with Crippen LogP contribution in [-0.2, 0) is 6.18 Å². The summed E-state index contributed by atoms with van der Waals surface area (Å²) in [5.74, 6) is 0. The van der Waals surface area contributed by atoms with E-state index in [0.717, 1.165) is 31.7 Å². The van der Waals surface area contributed by atoms with Crippen LogP contribution in [0.1, 0.15) is 49.3 Å². The summed E-state index contributed by atoms with van der Waals surface area (Å²) in [6.45, 7) is -0.260. The maximum absolute atomic E-state index is 13.1. The molecule has 1 aliphatic carbocycles. The van der Waals surface area contributed by atoms with Gasteiger partial charge in [0.25, 0.3) is 0 Å². The lowest BCUT2D eigenvalue weighted by Crippen LogP contribution is -2.36. The number of rotatable bonds is 4.